The van der Waals surface area contributed by atoms with Gasteiger partial charge in [0.05, 0.1) is 11.9 Å². The van der Waals surface area contributed by atoms with Crippen molar-refractivity contribution in [2.45, 2.75) is 38.4 Å². The number of amides is 2. The van der Waals surface area contributed by atoms with Gasteiger partial charge in [-0.1, -0.05) is 6.92 Å². The molecule has 0 saturated carbocycles. The molecule has 0 aromatic rings. The Labute approximate surface area is 111 Å². The van der Waals surface area contributed by atoms with Crippen LogP contribution in [0.2, 0.25) is 0 Å². The highest BCUT2D eigenvalue weighted by Crippen LogP contribution is 2.22. The Balaban J connectivity index is 2.10. The molecule has 0 radical (unpaired) electrons. The maximum absolute atomic E-state index is 11.3. The van der Waals surface area contributed by atoms with Crippen molar-refractivity contribution in [2.24, 2.45) is 5.84 Å². The molecule has 1 fully saturated rings. The molecule has 1 aliphatic heterocycles. The number of hydrazine groups is 1. The molecule has 0 aromatic heterocycles. The van der Waals surface area contributed by atoms with Crippen LogP contribution in [0.15, 0.2) is 0 Å². The van der Waals surface area contributed by atoms with Crippen LogP contribution in [0.4, 0.5) is 0 Å². The molecule has 0 aromatic carbocycles. The quantitative estimate of drug-likeness (QED) is 0.339. The maximum Gasteiger partial charge on any atom is 0.263 e. The van der Waals surface area contributed by atoms with Crippen molar-refractivity contribution in [1.82, 2.24) is 10.7 Å². The van der Waals surface area contributed by atoms with Crippen LogP contribution in [0.3, 0.4) is 0 Å². The minimum absolute atomic E-state index is 0.0382. The van der Waals surface area contributed by atoms with Crippen LogP contribution in [0.1, 0.15) is 26.2 Å². The van der Waals surface area contributed by atoms with Gasteiger partial charge in [0.2, 0.25) is 5.91 Å². The average molecular weight is 275 g/mol. The Kier molecular flexibility index (Phi) is 7.07. The summed E-state index contributed by atoms with van der Waals surface area (Å²) in [6, 6.07) is 0. The van der Waals surface area contributed by atoms with Crippen LogP contribution in [0.5, 0.6) is 0 Å². The van der Waals surface area contributed by atoms with Crippen molar-refractivity contribution in [3.8, 4) is 0 Å². The third kappa shape index (κ3) is 5.24. The largest absolute Gasteiger partial charge is 0.364 e. The highest BCUT2D eigenvalue weighted by atomic mass is 32.2. The molecular weight excluding hydrogens is 254 g/mol. The summed E-state index contributed by atoms with van der Waals surface area (Å²) in [7, 11) is 0. The Morgan fingerprint density at radius 1 is 1.44 bits per heavy atom. The minimum atomic E-state index is -0.436. The van der Waals surface area contributed by atoms with E-state index in [9.17, 15) is 9.59 Å². The van der Waals surface area contributed by atoms with Crippen molar-refractivity contribution in [1.29, 1.82) is 0 Å². The zero-order chi connectivity index (χ0) is 13.4. The predicted molar refractivity (Wildman–Crippen MR) is 70.9 cm³/mol. The molecule has 104 valence electrons. The van der Waals surface area contributed by atoms with E-state index in [1.807, 2.05) is 6.92 Å². The number of hydrogen-bond acceptors (Lipinski definition) is 5. The number of carbonyl (C=O) groups is 2. The Morgan fingerprint density at radius 3 is 2.89 bits per heavy atom. The fraction of sp³-hybridized carbons (Fsp3) is 0.818. The fourth-order valence-electron chi connectivity index (χ4n) is 1.71. The lowest BCUT2D eigenvalue weighted by molar-refractivity contribution is -0.131. The van der Waals surface area contributed by atoms with Crippen LogP contribution in [-0.2, 0) is 14.3 Å². The summed E-state index contributed by atoms with van der Waals surface area (Å²) in [6.45, 7) is 2.74. The van der Waals surface area contributed by atoms with Gasteiger partial charge in [-0.2, -0.15) is 0 Å². The zero-order valence-electron chi connectivity index (χ0n) is 10.6. The fourth-order valence-corrected chi connectivity index (χ4v) is 2.63. The second-order valence-corrected chi connectivity index (χ2v) is 5.23. The maximum atomic E-state index is 11.3. The van der Waals surface area contributed by atoms with E-state index in [-0.39, 0.29) is 17.9 Å². The summed E-state index contributed by atoms with van der Waals surface area (Å²) in [4.78, 5) is 22.6. The molecular formula is C11H21N3O3S. The van der Waals surface area contributed by atoms with E-state index in [0.29, 0.717) is 12.2 Å². The number of nitrogens with two attached hydrogens (primary N) is 1. The molecule has 2 amide bonds. The molecule has 0 bridgehead atoms. The molecule has 1 saturated heterocycles. The summed E-state index contributed by atoms with van der Waals surface area (Å²) in [5.74, 6) is 5.99. The number of ether oxygens (including phenoxy) is 1. The van der Waals surface area contributed by atoms with Gasteiger partial charge in [0, 0.05) is 12.3 Å². The summed E-state index contributed by atoms with van der Waals surface area (Å²) < 4.78 is 5.53. The van der Waals surface area contributed by atoms with Gasteiger partial charge < -0.3 is 10.1 Å². The third-order valence-corrected chi connectivity index (χ3v) is 3.73. The SMILES string of the molecule is CCCNC(=O)CSCC1CCC(C(=O)NN)O1. The van der Waals surface area contributed by atoms with Gasteiger partial charge in [0.1, 0.15) is 6.10 Å². The lowest BCUT2D eigenvalue weighted by Crippen LogP contribution is -2.39. The molecule has 1 rings (SSSR count). The van der Waals surface area contributed by atoms with Crippen LogP contribution in [0.25, 0.3) is 0 Å². The van der Waals surface area contributed by atoms with Crippen molar-refractivity contribution >= 4 is 23.6 Å². The predicted octanol–water partition coefficient (Wildman–Crippen LogP) is -0.217. The Hall–Kier alpha value is -0.790. The van der Waals surface area contributed by atoms with Gasteiger partial charge >= 0.3 is 0 Å². The van der Waals surface area contributed by atoms with Crippen molar-refractivity contribution < 1.29 is 14.3 Å². The van der Waals surface area contributed by atoms with E-state index in [2.05, 4.69) is 10.7 Å². The molecule has 4 N–H and O–H groups in total. The summed E-state index contributed by atoms with van der Waals surface area (Å²) in [6.07, 6.45) is 2.07. The first-order valence-electron chi connectivity index (χ1n) is 6.17. The van der Waals surface area contributed by atoms with Crippen LogP contribution >= 0.6 is 11.8 Å². The lowest BCUT2D eigenvalue weighted by Gasteiger charge is -2.12. The van der Waals surface area contributed by atoms with Gasteiger partial charge in [-0.3, -0.25) is 15.0 Å². The first kappa shape index (κ1) is 15.3. The van der Waals surface area contributed by atoms with Crippen molar-refractivity contribution in [3.63, 3.8) is 0 Å². The van der Waals surface area contributed by atoms with Gasteiger partial charge in [0.15, 0.2) is 0 Å². The molecule has 1 aliphatic rings. The van der Waals surface area contributed by atoms with Crippen molar-refractivity contribution in [3.05, 3.63) is 0 Å². The lowest BCUT2D eigenvalue weighted by atomic mass is 10.2. The second kappa shape index (κ2) is 8.34. The van der Waals surface area contributed by atoms with Crippen LogP contribution in [-0.4, -0.2) is 42.1 Å². The molecule has 7 heteroatoms. The van der Waals surface area contributed by atoms with Crippen LogP contribution in [0, 0.1) is 0 Å². The normalized spacial score (nSPS) is 22.8. The number of hydrogen-bond donors (Lipinski definition) is 3. The zero-order valence-corrected chi connectivity index (χ0v) is 11.4. The van der Waals surface area contributed by atoms with Gasteiger partial charge in [-0.05, 0) is 19.3 Å². The topological polar surface area (TPSA) is 93.5 Å². The van der Waals surface area contributed by atoms with E-state index < -0.39 is 6.10 Å². The van der Waals surface area contributed by atoms with Crippen molar-refractivity contribution in [2.75, 3.05) is 18.1 Å². The number of rotatable bonds is 7. The van der Waals surface area contributed by atoms with E-state index in [4.69, 9.17) is 10.6 Å². The summed E-state index contributed by atoms with van der Waals surface area (Å²) in [5, 5.41) is 2.81. The molecule has 2 unspecified atom stereocenters. The second-order valence-electron chi connectivity index (χ2n) is 4.20. The van der Waals surface area contributed by atoms with Gasteiger partial charge in [0.25, 0.3) is 5.91 Å². The van der Waals surface area contributed by atoms with E-state index in [1.165, 1.54) is 11.8 Å². The molecule has 1 heterocycles. The first-order chi connectivity index (χ1) is 8.67. The number of thioether (sulfide) groups is 1. The van der Waals surface area contributed by atoms with Crippen LogP contribution < -0.4 is 16.6 Å². The Bertz CT molecular complexity index is 289. The van der Waals surface area contributed by atoms with E-state index in [0.717, 1.165) is 25.1 Å². The smallest absolute Gasteiger partial charge is 0.263 e. The molecule has 2 atom stereocenters. The average Bonchev–Trinajstić information content (AvgIpc) is 2.84. The molecule has 0 aliphatic carbocycles. The third-order valence-electron chi connectivity index (χ3n) is 2.65. The number of nitrogens with one attached hydrogen (secondary N) is 2. The van der Waals surface area contributed by atoms with Gasteiger partial charge in [-0.25, -0.2) is 5.84 Å². The highest BCUT2D eigenvalue weighted by Gasteiger charge is 2.30. The highest BCUT2D eigenvalue weighted by molar-refractivity contribution is 7.99. The molecule has 6 nitrogen and oxygen atoms in total. The minimum Gasteiger partial charge on any atom is -0.364 e. The Morgan fingerprint density at radius 2 is 2.22 bits per heavy atom. The summed E-state index contributed by atoms with van der Waals surface area (Å²) >= 11 is 1.53. The first-order valence-corrected chi connectivity index (χ1v) is 7.33. The van der Waals surface area contributed by atoms with Gasteiger partial charge in [-0.15, -0.1) is 11.8 Å². The molecule has 0 spiro atoms. The standard InChI is InChI=1S/C11H21N3O3S/c1-2-5-13-10(15)7-18-6-8-3-4-9(17-8)11(16)14-12/h8-9H,2-7,12H2,1H3,(H,13,15)(H,14,16). The summed E-state index contributed by atoms with van der Waals surface area (Å²) in [5.41, 5.74) is 2.09. The van der Waals surface area contributed by atoms with E-state index in [1.54, 1.807) is 0 Å². The number of carbonyl (C=O) groups excluding carboxylic acids is 2. The molecule has 18 heavy (non-hydrogen) atoms. The van der Waals surface area contributed by atoms with E-state index >= 15 is 0 Å². The monoisotopic (exact) mass is 275 g/mol.